The molecule has 0 spiro atoms. The monoisotopic (exact) mass is 512 g/mol. The van der Waals surface area contributed by atoms with Gasteiger partial charge in [0.15, 0.2) is 5.82 Å². The molecule has 34 heavy (non-hydrogen) atoms. The van der Waals surface area contributed by atoms with Crippen molar-refractivity contribution in [3.05, 3.63) is 35.5 Å². The molecule has 1 aliphatic heterocycles. The lowest BCUT2D eigenvalue weighted by Crippen LogP contribution is -2.47. The molecule has 1 aliphatic rings. The van der Waals surface area contributed by atoms with Crippen LogP contribution in [0.1, 0.15) is 32.0 Å². The Morgan fingerprint density at radius 2 is 1.59 bits per heavy atom. The lowest BCUT2D eigenvalue weighted by molar-refractivity contribution is 0.114. The van der Waals surface area contributed by atoms with Crippen LogP contribution in [-0.2, 0) is 4.84 Å². The van der Waals surface area contributed by atoms with E-state index in [1.165, 1.54) is 5.69 Å². The molecule has 0 bridgehead atoms. The molecule has 190 valence electrons. The van der Waals surface area contributed by atoms with Crippen LogP contribution in [0.4, 0.5) is 23.1 Å². The zero-order chi connectivity index (χ0) is 23.1. The van der Waals surface area contributed by atoms with E-state index in [9.17, 15) is 0 Å². The zero-order valence-electron chi connectivity index (χ0n) is 20.5. The van der Waals surface area contributed by atoms with Crippen molar-refractivity contribution in [2.75, 3.05) is 73.7 Å². The molecule has 0 saturated carbocycles. The number of piperazine rings is 1. The molecule has 0 radical (unpaired) electrons. The van der Waals surface area contributed by atoms with Crippen molar-refractivity contribution in [2.24, 2.45) is 5.16 Å². The van der Waals surface area contributed by atoms with Crippen molar-refractivity contribution in [3.63, 3.8) is 0 Å². The number of hydrogen-bond acceptors (Lipinski definition) is 9. The highest BCUT2D eigenvalue weighted by molar-refractivity contribution is 5.98. The molecule has 1 saturated heterocycles. The molecule has 1 aromatic heterocycles. The normalized spacial score (nSPS) is 14.0. The molecule has 2 aromatic rings. The average Bonchev–Trinajstić information content (AvgIpc) is 2.79. The lowest BCUT2D eigenvalue weighted by atomic mass is 10.1. The quantitative estimate of drug-likeness (QED) is 0.299. The van der Waals surface area contributed by atoms with Crippen molar-refractivity contribution in [1.82, 2.24) is 14.9 Å². The van der Waals surface area contributed by atoms with Gasteiger partial charge in [0.2, 0.25) is 5.95 Å². The maximum atomic E-state index is 6.11. The number of rotatable bonds is 9. The topological polar surface area (TPSA) is 109 Å². The summed E-state index contributed by atoms with van der Waals surface area (Å²) in [5.41, 5.74) is 16.7. The van der Waals surface area contributed by atoms with Crippen LogP contribution in [-0.4, -0.2) is 73.0 Å². The number of halogens is 2. The minimum atomic E-state index is 0. The maximum absolute atomic E-state index is 6.11. The molecule has 2 heterocycles. The highest BCUT2D eigenvalue weighted by Crippen LogP contribution is 2.27. The summed E-state index contributed by atoms with van der Waals surface area (Å²) in [6.07, 6.45) is 0. The van der Waals surface area contributed by atoms with Gasteiger partial charge in [-0.15, -0.1) is 24.8 Å². The fraction of sp³-hybridized carbons (Fsp3) is 0.522. The van der Waals surface area contributed by atoms with E-state index >= 15 is 0 Å². The van der Waals surface area contributed by atoms with Gasteiger partial charge in [0, 0.05) is 38.4 Å². The Kier molecular flexibility index (Phi) is 12.2. The fourth-order valence-electron chi connectivity index (χ4n) is 4.01. The van der Waals surface area contributed by atoms with Crippen molar-refractivity contribution < 1.29 is 4.84 Å². The van der Waals surface area contributed by atoms with E-state index in [0.717, 1.165) is 68.5 Å². The highest BCUT2D eigenvalue weighted by Gasteiger charge is 2.22. The molecule has 0 aliphatic carbocycles. The van der Waals surface area contributed by atoms with Crippen LogP contribution in [0.15, 0.2) is 29.4 Å². The number of likely N-dealkylation sites (N-methyl/N-ethyl adjacent to an activating group) is 1. The van der Waals surface area contributed by atoms with E-state index < -0.39 is 0 Å². The van der Waals surface area contributed by atoms with E-state index in [2.05, 4.69) is 67.9 Å². The summed E-state index contributed by atoms with van der Waals surface area (Å²) in [6, 6.07) is 8.49. The van der Waals surface area contributed by atoms with Crippen molar-refractivity contribution in [3.8, 4) is 0 Å². The summed E-state index contributed by atoms with van der Waals surface area (Å²) in [4.78, 5) is 20.8. The Morgan fingerprint density at radius 3 is 2.15 bits per heavy atom. The first kappa shape index (κ1) is 29.5. The van der Waals surface area contributed by atoms with E-state index in [-0.39, 0.29) is 30.8 Å². The Balaban J connectivity index is 0.00000289. The zero-order valence-corrected chi connectivity index (χ0v) is 22.2. The molecule has 0 atom stereocenters. The standard InChI is InChI=1S/C23H36N8O.2ClH/c1-5-29(6-2)15-16-32-28-17(3)19-7-9-20(10-8-19)30-11-13-31(14-12-30)21-18(4)26-23(25)27-22(21)24;;/h7-10H,5-6,11-16H2,1-4H3,(H4,24,25,26,27);2*1H/b28-17+;;. The van der Waals surface area contributed by atoms with Gasteiger partial charge in [-0.1, -0.05) is 31.1 Å². The third kappa shape index (κ3) is 7.51. The number of anilines is 4. The van der Waals surface area contributed by atoms with Gasteiger partial charge >= 0.3 is 0 Å². The number of aryl methyl sites for hydroxylation is 1. The molecular weight excluding hydrogens is 475 g/mol. The number of nitrogens with zero attached hydrogens (tertiary/aromatic N) is 6. The third-order valence-electron chi connectivity index (χ3n) is 5.94. The summed E-state index contributed by atoms with van der Waals surface area (Å²) in [6.45, 7) is 15.2. The van der Waals surface area contributed by atoms with Gasteiger partial charge in [-0.05, 0) is 44.6 Å². The molecule has 4 N–H and O–H groups in total. The number of oxime groups is 1. The van der Waals surface area contributed by atoms with E-state index in [0.29, 0.717) is 12.4 Å². The van der Waals surface area contributed by atoms with Gasteiger partial charge in [0.25, 0.3) is 0 Å². The summed E-state index contributed by atoms with van der Waals surface area (Å²) in [7, 11) is 0. The van der Waals surface area contributed by atoms with Crippen LogP contribution in [0.5, 0.6) is 0 Å². The fourth-order valence-corrected chi connectivity index (χ4v) is 4.01. The summed E-state index contributed by atoms with van der Waals surface area (Å²) < 4.78 is 0. The molecule has 1 fully saturated rings. The average molecular weight is 514 g/mol. The van der Waals surface area contributed by atoms with Crippen molar-refractivity contribution in [2.45, 2.75) is 27.7 Å². The minimum absolute atomic E-state index is 0. The molecule has 0 unspecified atom stereocenters. The highest BCUT2D eigenvalue weighted by atomic mass is 35.5. The minimum Gasteiger partial charge on any atom is -0.394 e. The Labute approximate surface area is 215 Å². The predicted octanol–water partition coefficient (Wildman–Crippen LogP) is 3.20. The number of nitrogens with two attached hydrogens (primary N) is 2. The SMILES string of the molecule is CCN(CC)CCO/N=C(\C)c1ccc(N2CCN(c3c(C)nc(N)nc3N)CC2)cc1.Cl.Cl. The summed E-state index contributed by atoms with van der Waals surface area (Å²) >= 11 is 0. The number of nitrogen functional groups attached to an aromatic ring is 2. The number of hydrogen-bond donors (Lipinski definition) is 2. The van der Waals surface area contributed by atoms with Crippen LogP contribution < -0.4 is 21.3 Å². The Bertz CT molecular complexity index is 891. The van der Waals surface area contributed by atoms with Crippen LogP contribution >= 0.6 is 24.8 Å². The van der Waals surface area contributed by atoms with Gasteiger partial charge in [0.05, 0.1) is 11.4 Å². The first-order chi connectivity index (χ1) is 15.4. The predicted molar refractivity (Wildman–Crippen MR) is 147 cm³/mol. The number of benzene rings is 1. The van der Waals surface area contributed by atoms with E-state index in [1.807, 2.05) is 13.8 Å². The Hall–Kier alpha value is -2.49. The first-order valence-electron chi connectivity index (χ1n) is 11.3. The van der Waals surface area contributed by atoms with Crippen molar-refractivity contribution >= 4 is 53.7 Å². The van der Waals surface area contributed by atoms with Crippen LogP contribution in [0.3, 0.4) is 0 Å². The second-order valence-corrected chi connectivity index (χ2v) is 7.96. The number of aromatic nitrogens is 2. The maximum Gasteiger partial charge on any atom is 0.222 e. The summed E-state index contributed by atoms with van der Waals surface area (Å²) in [5, 5.41) is 4.28. The van der Waals surface area contributed by atoms with Crippen LogP contribution in [0.25, 0.3) is 0 Å². The van der Waals surface area contributed by atoms with Gasteiger partial charge in [0.1, 0.15) is 12.3 Å². The second kappa shape index (κ2) is 14.0. The lowest BCUT2D eigenvalue weighted by Gasteiger charge is -2.38. The van der Waals surface area contributed by atoms with E-state index in [4.69, 9.17) is 16.3 Å². The van der Waals surface area contributed by atoms with Crippen LogP contribution in [0, 0.1) is 6.92 Å². The molecule has 0 amide bonds. The Morgan fingerprint density at radius 1 is 1.00 bits per heavy atom. The second-order valence-electron chi connectivity index (χ2n) is 7.96. The first-order valence-corrected chi connectivity index (χ1v) is 11.3. The van der Waals surface area contributed by atoms with Gasteiger partial charge < -0.3 is 31.0 Å². The summed E-state index contributed by atoms with van der Waals surface area (Å²) in [5.74, 6) is 0.664. The molecule has 3 rings (SSSR count). The largest absolute Gasteiger partial charge is 0.394 e. The molecule has 11 heteroatoms. The molecule has 1 aromatic carbocycles. The smallest absolute Gasteiger partial charge is 0.222 e. The van der Waals surface area contributed by atoms with Gasteiger partial charge in [-0.25, -0.2) is 4.98 Å². The third-order valence-corrected chi connectivity index (χ3v) is 5.94. The molecular formula is C23H38Cl2N8O. The van der Waals surface area contributed by atoms with Crippen molar-refractivity contribution in [1.29, 1.82) is 0 Å². The molecule has 9 nitrogen and oxygen atoms in total. The van der Waals surface area contributed by atoms with Gasteiger partial charge in [-0.3, -0.25) is 0 Å². The van der Waals surface area contributed by atoms with Crippen LogP contribution in [0.2, 0.25) is 0 Å². The van der Waals surface area contributed by atoms with Gasteiger partial charge in [-0.2, -0.15) is 4.98 Å². The van der Waals surface area contributed by atoms with E-state index in [1.54, 1.807) is 0 Å².